The monoisotopic (exact) mass is 551 g/mol. The van der Waals surface area contributed by atoms with Crippen molar-refractivity contribution in [2.45, 2.75) is 20.8 Å². The molecule has 0 atom stereocenters. The zero-order valence-corrected chi connectivity index (χ0v) is 22.2. The molecule has 1 aliphatic heterocycles. The van der Waals surface area contributed by atoms with E-state index in [2.05, 4.69) is 10.6 Å². The lowest BCUT2D eigenvalue weighted by Crippen LogP contribution is -2.54. The fourth-order valence-electron chi connectivity index (χ4n) is 3.89. The molecule has 0 saturated carbocycles. The number of nitrogens with one attached hydrogen (secondary N) is 2. The molecule has 8 nitrogen and oxygen atoms in total. The van der Waals surface area contributed by atoms with Gasteiger partial charge in [0.1, 0.15) is 11.3 Å². The Hall–Kier alpha value is -4.14. The second-order valence-electron chi connectivity index (χ2n) is 8.69. The van der Waals surface area contributed by atoms with Crippen molar-refractivity contribution >= 4 is 64.4 Å². The molecule has 194 valence electrons. The van der Waals surface area contributed by atoms with Crippen molar-refractivity contribution in [3.63, 3.8) is 0 Å². The van der Waals surface area contributed by atoms with Gasteiger partial charge in [0.2, 0.25) is 0 Å². The van der Waals surface area contributed by atoms with Crippen LogP contribution in [0.5, 0.6) is 5.75 Å². The number of carbonyl (C=O) groups excluding carboxylic acids is 4. The molecule has 1 aliphatic rings. The van der Waals surface area contributed by atoms with Crippen molar-refractivity contribution in [3.8, 4) is 5.75 Å². The predicted octanol–water partition coefficient (Wildman–Crippen LogP) is 5.60. The zero-order valence-electron chi connectivity index (χ0n) is 20.7. The second kappa shape index (κ2) is 11.1. The number of benzene rings is 3. The maximum absolute atomic E-state index is 13.2. The Labute approximate surface area is 229 Å². The van der Waals surface area contributed by atoms with Gasteiger partial charge in [-0.05, 0) is 73.9 Å². The number of barbiturate groups is 1. The fourth-order valence-corrected chi connectivity index (χ4v) is 4.30. The summed E-state index contributed by atoms with van der Waals surface area (Å²) in [6.07, 6.45) is 1.32. The van der Waals surface area contributed by atoms with Crippen LogP contribution in [0.3, 0.4) is 0 Å². The van der Waals surface area contributed by atoms with E-state index in [-0.39, 0.29) is 34.5 Å². The summed E-state index contributed by atoms with van der Waals surface area (Å²) in [7, 11) is 0. The smallest absolute Gasteiger partial charge is 0.335 e. The first-order chi connectivity index (χ1) is 18.0. The maximum atomic E-state index is 13.2. The molecule has 0 aliphatic carbocycles. The summed E-state index contributed by atoms with van der Waals surface area (Å²) >= 11 is 12.5. The Bertz CT molecular complexity index is 1520. The Morgan fingerprint density at radius 2 is 1.76 bits per heavy atom. The highest BCUT2D eigenvalue weighted by Crippen LogP contribution is 2.31. The maximum Gasteiger partial charge on any atom is 0.335 e. The second-order valence-corrected chi connectivity index (χ2v) is 9.50. The summed E-state index contributed by atoms with van der Waals surface area (Å²) in [5.74, 6) is -1.75. The molecule has 1 heterocycles. The van der Waals surface area contributed by atoms with Gasteiger partial charge in [0.15, 0.2) is 6.61 Å². The molecule has 3 aromatic carbocycles. The molecule has 0 aromatic heterocycles. The Morgan fingerprint density at radius 1 is 1.00 bits per heavy atom. The van der Waals surface area contributed by atoms with Crippen molar-refractivity contribution < 1.29 is 23.9 Å². The Balaban J connectivity index is 1.49. The minimum absolute atomic E-state index is 0.168. The van der Waals surface area contributed by atoms with Gasteiger partial charge in [0.05, 0.1) is 10.7 Å². The SMILES string of the molecule is Cc1ccc(NC(=O)COc2ccc(/C=C3/C(=O)NC(=O)N(c4cccc(Cl)c4C)C3=O)cc2Cl)c(C)c1. The van der Waals surface area contributed by atoms with Crippen LogP contribution in [-0.2, 0) is 14.4 Å². The lowest BCUT2D eigenvalue weighted by atomic mass is 10.1. The molecule has 1 fully saturated rings. The van der Waals surface area contributed by atoms with Crippen molar-refractivity contribution in [2.24, 2.45) is 0 Å². The van der Waals surface area contributed by atoms with E-state index in [1.165, 1.54) is 18.2 Å². The number of hydrogen-bond donors (Lipinski definition) is 2. The first-order valence-corrected chi connectivity index (χ1v) is 12.3. The van der Waals surface area contributed by atoms with Crippen LogP contribution in [0.25, 0.3) is 6.08 Å². The highest BCUT2D eigenvalue weighted by Gasteiger charge is 2.37. The van der Waals surface area contributed by atoms with Gasteiger partial charge >= 0.3 is 6.03 Å². The van der Waals surface area contributed by atoms with Gasteiger partial charge < -0.3 is 10.1 Å². The summed E-state index contributed by atoms with van der Waals surface area (Å²) in [6, 6.07) is 14.2. The highest BCUT2D eigenvalue weighted by atomic mass is 35.5. The summed E-state index contributed by atoms with van der Waals surface area (Å²) in [6.45, 7) is 5.26. The van der Waals surface area contributed by atoms with Gasteiger partial charge in [-0.1, -0.05) is 53.0 Å². The van der Waals surface area contributed by atoms with Gasteiger partial charge in [0, 0.05) is 10.7 Å². The number of carbonyl (C=O) groups is 4. The number of halogens is 2. The summed E-state index contributed by atoms with van der Waals surface area (Å²) in [5, 5.41) is 5.51. The van der Waals surface area contributed by atoms with Crippen molar-refractivity contribution in [1.82, 2.24) is 5.32 Å². The van der Waals surface area contributed by atoms with Gasteiger partial charge in [-0.3, -0.25) is 19.7 Å². The van der Waals surface area contributed by atoms with Gasteiger partial charge in [0.25, 0.3) is 17.7 Å². The number of nitrogens with zero attached hydrogens (tertiary/aromatic N) is 1. The number of imide groups is 2. The molecule has 0 bridgehead atoms. The predicted molar refractivity (Wildman–Crippen MR) is 147 cm³/mol. The normalized spacial score (nSPS) is 14.5. The van der Waals surface area contributed by atoms with E-state index < -0.39 is 17.8 Å². The minimum Gasteiger partial charge on any atom is -0.482 e. The summed E-state index contributed by atoms with van der Waals surface area (Å²) < 4.78 is 5.56. The van der Waals surface area contributed by atoms with E-state index >= 15 is 0 Å². The van der Waals surface area contributed by atoms with Crippen LogP contribution in [0.2, 0.25) is 10.0 Å². The molecule has 0 radical (unpaired) electrons. The number of ether oxygens (including phenoxy) is 1. The number of aryl methyl sites for hydroxylation is 2. The minimum atomic E-state index is -0.872. The molecule has 1 saturated heterocycles. The Kier molecular flexibility index (Phi) is 7.85. The fraction of sp³-hybridized carbons (Fsp3) is 0.143. The van der Waals surface area contributed by atoms with E-state index in [0.29, 0.717) is 21.8 Å². The van der Waals surface area contributed by atoms with Crippen LogP contribution in [0, 0.1) is 20.8 Å². The van der Waals surface area contributed by atoms with Crippen LogP contribution in [0.4, 0.5) is 16.2 Å². The first-order valence-electron chi connectivity index (χ1n) is 11.5. The number of hydrogen-bond acceptors (Lipinski definition) is 5. The van der Waals surface area contributed by atoms with Crippen LogP contribution in [0.15, 0.2) is 60.2 Å². The molecule has 0 spiro atoms. The van der Waals surface area contributed by atoms with E-state index in [0.717, 1.165) is 16.0 Å². The number of urea groups is 1. The quantitative estimate of drug-likeness (QED) is 0.306. The summed E-state index contributed by atoms with van der Waals surface area (Å²) in [5.41, 5.74) is 3.63. The van der Waals surface area contributed by atoms with Crippen LogP contribution in [0.1, 0.15) is 22.3 Å². The third kappa shape index (κ3) is 5.72. The van der Waals surface area contributed by atoms with Crippen LogP contribution >= 0.6 is 23.2 Å². The van der Waals surface area contributed by atoms with Gasteiger partial charge in [-0.2, -0.15) is 0 Å². The van der Waals surface area contributed by atoms with Crippen molar-refractivity contribution in [1.29, 1.82) is 0 Å². The van der Waals surface area contributed by atoms with E-state index in [1.54, 1.807) is 31.2 Å². The first kappa shape index (κ1) is 26.9. The molecular weight excluding hydrogens is 529 g/mol. The van der Waals surface area contributed by atoms with Gasteiger partial charge in [-0.25, -0.2) is 9.69 Å². The average Bonchev–Trinajstić information content (AvgIpc) is 2.85. The topological polar surface area (TPSA) is 105 Å². The molecule has 2 N–H and O–H groups in total. The van der Waals surface area contributed by atoms with E-state index in [4.69, 9.17) is 27.9 Å². The van der Waals surface area contributed by atoms with Gasteiger partial charge in [-0.15, -0.1) is 0 Å². The average molecular weight is 552 g/mol. The van der Waals surface area contributed by atoms with E-state index in [9.17, 15) is 19.2 Å². The molecular formula is C28H23Cl2N3O5. The Morgan fingerprint density at radius 3 is 2.47 bits per heavy atom. The highest BCUT2D eigenvalue weighted by molar-refractivity contribution is 6.40. The third-order valence-corrected chi connectivity index (χ3v) is 6.57. The number of amides is 5. The largest absolute Gasteiger partial charge is 0.482 e. The number of anilines is 2. The van der Waals surface area contributed by atoms with Crippen molar-refractivity contribution in [3.05, 3.63) is 92.5 Å². The standard InChI is InChI=1S/C28H23Cl2N3O5/c1-15-7-9-22(16(2)11-15)31-25(34)14-38-24-10-8-18(13-21(24)30)12-19-26(35)32-28(37)33(27(19)36)23-6-4-5-20(29)17(23)3/h4-13H,14H2,1-3H3,(H,31,34)(H,32,35,37)/b19-12-. The molecule has 5 amide bonds. The molecule has 3 aromatic rings. The number of rotatable bonds is 6. The summed E-state index contributed by atoms with van der Waals surface area (Å²) in [4.78, 5) is 51.4. The molecule has 38 heavy (non-hydrogen) atoms. The van der Waals surface area contributed by atoms with Crippen LogP contribution < -0.4 is 20.3 Å². The molecule has 4 rings (SSSR count). The third-order valence-electron chi connectivity index (χ3n) is 5.86. The molecule has 0 unspecified atom stereocenters. The van der Waals surface area contributed by atoms with E-state index in [1.807, 2.05) is 32.0 Å². The van der Waals surface area contributed by atoms with Crippen LogP contribution in [-0.4, -0.2) is 30.4 Å². The molecule has 10 heteroatoms. The van der Waals surface area contributed by atoms with Crippen molar-refractivity contribution in [2.75, 3.05) is 16.8 Å². The lowest BCUT2D eigenvalue weighted by molar-refractivity contribution is -0.122. The lowest BCUT2D eigenvalue weighted by Gasteiger charge is -2.27. The zero-order chi connectivity index (χ0) is 27.6.